The van der Waals surface area contributed by atoms with Gasteiger partial charge in [-0.2, -0.15) is 0 Å². The van der Waals surface area contributed by atoms with E-state index in [2.05, 4.69) is 27.5 Å². The number of halogens is 1. The molecule has 0 aliphatic rings. The van der Waals surface area contributed by atoms with Crippen LogP contribution >= 0.6 is 15.9 Å². The van der Waals surface area contributed by atoms with Crippen molar-refractivity contribution in [1.82, 2.24) is 4.98 Å². The molecule has 0 aliphatic carbocycles. The van der Waals surface area contributed by atoms with Crippen molar-refractivity contribution in [2.75, 3.05) is 11.9 Å². The van der Waals surface area contributed by atoms with Crippen LogP contribution in [0.3, 0.4) is 0 Å². The molecule has 0 fully saturated rings. The summed E-state index contributed by atoms with van der Waals surface area (Å²) in [6.45, 7) is 5.29. The van der Waals surface area contributed by atoms with Crippen LogP contribution in [0.2, 0.25) is 0 Å². The first-order valence-corrected chi connectivity index (χ1v) is 4.87. The lowest BCUT2D eigenvalue weighted by Crippen LogP contribution is -2.26. The average Bonchev–Trinajstić information content (AvgIpc) is 2.16. The van der Waals surface area contributed by atoms with Gasteiger partial charge in [-0.3, -0.25) is 4.79 Å². The second-order valence-corrected chi connectivity index (χ2v) is 3.71. The Morgan fingerprint density at radius 1 is 1.64 bits per heavy atom. The van der Waals surface area contributed by atoms with Gasteiger partial charge in [0.1, 0.15) is 4.60 Å². The summed E-state index contributed by atoms with van der Waals surface area (Å²) in [5.74, 6) is -0.112. The quantitative estimate of drug-likeness (QED) is 0.600. The summed E-state index contributed by atoms with van der Waals surface area (Å²) in [7, 11) is 1.69. The summed E-state index contributed by atoms with van der Waals surface area (Å²) in [4.78, 5) is 17.1. The fourth-order valence-electron chi connectivity index (χ4n) is 1.02. The Morgan fingerprint density at radius 2 is 2.29 bits per heavy atom. The van der Waals surface area contributed by atoms with Crippen LogP contribution in [0.1, 0.15) is 6.92 Å². The van der Waals surface area contributed by atoms with E-state index in [0.717, 1.165) is 5.69 Å². The van der Waals surface area contributed by atoms with Gasteiger partial charge in [-0.25, -0.2) is 4.98 Å². The number of nitrogens with zero attached hydrogens (tertiary/aromatic N) is 2. The standard InChI is InChI=1S/C10H11BrN2O/c1-7(2)10(14)13(3)8-5-4-6-12-9(8)11/h4-6H,1H2,2-3H3. The third-order valence-corrected chi connectivity index (χ3v) is 2.38. The van der Waals surface area contributed by atoms with Gasteiger partial charge in [-0.1, -0.05) is 6.58 Å². The average molecular weight is 255 g/mol. The Morgan fingerprint density at radius 3 is 2.79 bits per heavy atom. The summed E-state index contributed by atoms with van der Waals surface area (Å²) in [5.41, 5.74) is 1.24. The predicted molar refractivity (Wildman–Crippen MR) is 60.2 cm³/mol. The van der Waals surface area contributed by atoms with Crippen molar-refractivity contribution in [3.05, 3.63) is 35.1 Å². The molecule has 74 valence electrons. The van der Waals surface area contributed by atoms with E-state index < -0.39 is 0 Å². The third kappa shape index (κ3) is 2.20. The van der Waals surface area contributed by atoms with Crippen molar-refractivity contribution in [2.45, 2.75) is 6.92 Å². The first-order chi connectivity index (χ1) is 6.54. The van der Waals surface area contributed by atoms with Gasteiger partial charge in [0.15, 0.2) is 0 Å². The topological polar surface area (TPSA) is 33.2 Å². The number of carbonyl (C=O) groups is 1. The number of hydrogen-bond acceptors (Lipinski definition) is 2. The van der Waals surface area contributed by atoms with E-state index in [1.54, 1.807) is 26.2 Å². The molecule has 1 heterocycles. The highest BCUT2D eigenvalue weighted by molar-refractivity contribution is 9.10. The molecule has 1 rings (SSSR count). The van der Waals surface area contributed by atoms with E-state index in [-0.39, 0.29) is 5.91 Å². The highest BCUT2D eigenvalue weighted by Crippen LogP contribution is 2.22. The Kier molecular flexibility index (Phi) is 3.41. The maximum Gasteiger partial charge on any atom is 0.253 e. The molecule has 1 aromatic rings. The lowest BCUT2D eigenvalue weighted by molar-refractivity contribution is -0.114. The minimum atomic E-state index is -0.112. The van der Waals surface area contributed by atoms with E-state index in [1.807, 2.05) is 6.07 Å². The molecule has 0 bridgehead atoms. The number of aromatic nitrogens is 1. The molecule has 0 aromatic carbocycles. The molecule has 0 saturated heterocycles. The van der Waals surface area contributed by atoms with Crippen molar-refractivity contribution < 1.29 is 4.79 Å². The zero-order chi connectivity index (χ0) is 10.7. The lowest BCUT2D eigenvalue weighted by atomic mass is 10.3. The van der Waals surface area contributed by atoms with Gasteiger partial charge in [0, 0.05) is 18.8 Å². The maximum absolute atomic E-state index is 11.6. The SMILES string of the molecule is C=C(C)C(=O)N(C)c1cccnc1Br. The van der Waals surface area contributed by atoms with Crippen LogP contribution in [-0.4, -0.2) is 17.9 Å². The molecule has 0 spiro atoms. The van der Waals surface area contributed by atoms with Crippen molar-refractivity contribution >= 4 is 27.5 Å². The number of likely N-dealkylation sites (N-methyl/N-ethyl adjacent to an activating group) is 1. The van der Waals surface area contributed by atoms with Gasteiger partial charge in [-0.15, -0.1) is 0 Å². The Labute approximate surface area is 91.6 Å². The smallest absolute Gasteiger partial charge is 0.253 e. The molecule has 0 aliphatic heterocycles. The maximum atomic E-state index is 11.6. The van der Waals surface area contributed by atoms with Crippen LogP contribution in [0, 0.1) is 0 Å². The summed E-state index contributed by atoms with van der Waals surface area (Å²) >= 11 is 3.28. The van der Waals surface area contributed by atoms with Gasteiger partial charge in [0.05, 0.1) is 5.69 Å². The minimum Gasteiger partial charge on any atom is -0.309 e. The second-order valence-electron chi connectivity index (χ2n) is 2.96. The van der Waals surface area contributed by atoms with Crippen LogP contribution in [0.4, 0.5) is 5.69 Å². The lowest BCUT2D eigenvalue weighted by Gasteiger charge is -2.17. The van der Waals surface area contributed by atoms with E-state index in [0.29, 0.717) is 10.2 Å². The molecule has 0 atom stereocenters. The highest BCUT2D eigenvalue weighted by atomic mass is 79.9. The predicted octanol–water partition coefficient (Wildman–Crippen LogP) is 2.38. The van der Waals surface area contributed by atoms with Gasteiger partial charge in [-0.05, 0) is 35.0 Å². The number of amides is 1. The minimum absolute atomic E-state index is 0.112. The molecular weight excluding hydrogens is 244 g/mol. The zero-order valence-corrected chi connectivity index (χ0v) is 9.71. The molecule has 0 N–H and O–H groups in total. The monoisotopic (exact) mass is 254 g/mol. The van der Waals surface area contributed by atoms with Gasteiger partial charge < -0.3 is 4.90 Å². The van der Waals surface area contributed by atoms with Crippen molar-refractivity contribution in [2.24, 2.45) is 0 Å². The number of hydrogen-bond donors (Lipinski definition) is 0. The van der Waals surface area contributed by atoms with Crippen LogP contribution < -0.4 is 4.90 Å². The molecule has 0 radical (unpaired) electrons. The third-order valence-electron chi connectivity index (χ3n) is 1.77. The normalized spacial score (nSPS) is 9.64. The van der Waals surface area contributed by atoms with Crippen LogP contribution in [-0.2, 0) is 4.79 Å². The van der Waals surface area contributed by atoms with E-state index >= 15 is 0 Å². The molecule has 4 heteroatoms. The Balaban J connectivity index is 3.01. The summed E-state index contributed by atoms with van der Waals surface area (Å²) in [5, 5.41) is 0. The van der Waals surface area contributed by atoms with Crippen molar-refractivity contribution in [1.29, 1.82) is 0 Å². The molecule has 1 amide bonds. The van der Waals surface area contributed by atoms with Crippen LogP contribution in [0.15, 0.2) is 35.1 Å². The molecular formula is C10H11BrN2O. The number of carbonyl (C=O) groups excluding carboxylic acids is 1. The van der Waals surface area contributed by atoms with Crippen LogP contribution in [0.5, 0.6) is 0 Å². The summed E-state index contributed by atoms with van der Waals surface area (Å²) in [6.07, 6.45) is 1.66. The second kappa shape index (κ2) is 4.37. The molecule has 14 heavy (non-hydrogen) atoms. The van der Waals surface area contributed by atoms with Crippen LogP contribution in [0.25, 0.3) is 0 Å². The van der Waals surface area contributed by atoms with Crippen molar-refractivity contribution in [3.63, 3.8) is 0 Å². The highest BCUT2D eigenvalue weighted by Gasteiger charge is 2.13. The number of pyridine rings is 1. The van der Waals surface area contributed by atoms with E-state index in [1.165, 1.54) is 4.90 Å². The van der Waals surface area contributed by atoms with E-state index in [9.17, 15) is 4.79 Å². The molecule has 0 unspecified atom stereocenters. The fourth-order valence-corrected chi connectivity index (χ4v) is 1.54. The van der Waals surface area contributed by atoms with Gasteiger partial charge in [0.2, 0.25) is 0 Å². The van der Waals surface area contributed by atoms with E-state index in [4.69, 9.17) is 0 Å². The Bertz CT molecular complexity index is 376. The first-order valence-electron chi connectivity index (χ1n) is 4.08. The van der Waals surface area contributed by atoms with Gasteiger partial charge >= 0.3 is 0 Å². The van der Waals surface area contributed by atoms with Gasteiger partial charge in [0.25, 0.3) is 5.91 Å². The first kappa shape index (κ1) is 10.9. The van der Waals surface area contributed by atoms with Crippen molar-refractivity contribution in [3.8, 4) is 0 Å². The summed E-state index contributed by atoms with van der Waals surface area (Å²) < 4.78 is 0.650. The number of rotatable bonds is 2. The number of anilines is 1. The molecule has 0 saturated carbocycles. The summed E-state index contributed by atoms with van der Waals surface area (Å²) in [6, 6.07) is 3.60. The molecule has 3 nitrogen and oxygen atoms in total. The zero-order valence-electron chi connectivity index (χ0n) is 8.12. The molecule has 1 aromatic heterocycles. The fraction of sp³-hybridized carbons (Fsp3) is 0.200. The Hall–Kier alpha value is -1.16. The largest absolute Gasteiger partial charge is 0.309 e.